The Labute approximate surface area is 127 Å². The van der Waals surface area contributed by atoms with Crippen LogP contribution in [0.25, 0.3) is 0 Å². The minimum atomic E-state index is -3.32. The number of sulfonamides is 1. The number of amides is 1. The number of benzene rings is 1. The van der Waals surface area contributed by atoms with Crippen molar-refractivity contribution in [2.24, 2.45) is 0 Å². The van der Waals surface area contributed by atoms with Gasteiger partial charge in [0, 0.05) is 6.54 Å². The Kier molecular flexibility index (Phi) is 4.90. The topological polar surface area (TPSA) is 66.5 Å². The van der Waals surface area contributed by atoms with Gasteiger partial charge in [-0.1, -0.05) is 29.3 Å². The summed E-state index contributed by atoms with van der Waals surface area (Å²) in [6, 6.07) is 4.87. The summed E-state index contributed by atoms with van der Waals surface area (Å²) in [7, 11) is -3.32. The normalized spacial score (nSPS) is 18.7. The average molecular weight is 337 g/mol. The fourth-order valence-electron chi connectivity index (χ4n) is 1.97. The second-order valence-corrected chi connectivity index (χ2v) is 7.38. The van der Waals surface area contributed by atoms with Crippen molar-refractivity contribution in [3.63, 3.8) is 0 Å². The van der Waals surface area contributed by atoms with Gasteiger partial charge in [0.2, 0.25) is 15.9 Å². The van der Waals surface area contributed by atoms with Gasteiger partial charge in [0.25, 0.3) is 0 Å². The number of carbonyl (C=O) groups is 1. The first-order valence-electron chi connectivity index (χ1n) is 6.12. The predicted molar refractivity (Wildman–Crippen MR) is 79.7 cm³/mol. The summed E-state index contributed by atoms with van der Waals surface area (Å²) in [6.45, 7) is 0.171. The first-order chi connectivity index (χ1) is 9.40. The lowest BCUT2D eigenvalue weighted by Crippen LogP contribution is -2.42. The van der Waals surface area contributed by atoms with E-state index in [2.05, 4.69) is 5.32 Å². The molecule has 1 fully saturated rings. The lowest BCUT2D eigenvalue weighted by molar-refractivity contribution is -0.116. The number of rotatable bonds is 3. The number of hydrogen-bond donors (Lipinski definition) is 1. The second kappa shape index (κ2) is 6.30. The lowest BCUT2D eigenvalue weighted by atomic mass is 10.3. The largest absolute Gasteiger partial charge is 0.324 e. The molecule has 0 aliphatic carbocycles. The summed E-state index contributed by atoms with van der Waals surface area (Å²) in [5.41, 5.74) is 0.374. The van der Waals surface area contributed by atoms with Gasteiger partial charge < -0.3 is 5.32 Å². The van der Waals surface area contributed by atoms with Crippen molar-refractivity contribution in [1.82, 2.24) is 4.31 Å². The third-order valence-electron chi connectivity index (χ3n) is 3.00. The van der Waals surface area contributed by atoms with Crippen LogP contribution in [0.2, 0.25) is 10.0 Å². The van der Waals surface area contributed by atoms with Crippen LogP contribution in [0.5, 0.6) is 0 Å². The van der Waals surface area contributed by atoms with Crippen LogP contribution in [-0.2, 0) is 14.8 Å². The van der Waals surface area contributed by atoms with Gasteiger partial charge >= 0.3 is 0 Å². The molecule has 1 amide bonds. The molecule has 1 aromatic carbocycles. The number of nitrogens with zero attached hydrogens (tertiary/aromatic N) is 1. The van der Waals surface area contributed by atoms with Crippen molar-refractivity contribution in [3.05, 3.63) is 28.2 Å². The van der Waals surface area contributed by atoms with Crippen molar-refractivity contribution in [1.29, 1.82) is 0 Å². The van der Waals surface area contributed by atoms with E-state index in [0.29, 0.717) is 23.7 Å². The molecule has 5 nitrogen and oxygen atoms in total. The summed E-state index contributed by atoms with van der Waals surface area (Å²) in [5, 5.41) is 3.14. The number of hydrogen-bond acceptors (Lipinski definition) is 3. The van der Waals surface area contributed by atoms with E-state index in [1.54, 1.807) is 18.2 Å². The highest BCUT2D eigenvalue weighted by Gasteiger charge is 2.27. The van der Waals surface area contributed by atoms with Gasteiger partial charge in [-0.2, -0.15) is 4.31 Å². The van der Waals surface area contributed by atoms with Gasteiger partial charge in [0.15, 0.2) is 0 Å². The van der Waals surface area contributed by atoms with Crippen molar-refractivity contribution in [2.45, 2.75) is 12.8 Å². The number of anilines is 1. The van der Waals surface area contributed by atoms with Gasteiger partial charge in [-0.15, -0.1) is 0 Å². The maximum atomic E-state index is 11.9. The van der Waals surface area contributed by atoms with E-state index in [-0.39, 0.29) is 17.3 Å². The van der Waals surface area contributed by atoms with Gasteiger partial charge in [0.05, 0.1) is 28.0 Å². The number of nitrogens with one attached hydrogen (secondary N) is 1. The molecule has 0 atom stereocenters. The Bertz CT molecular complexity index is 619. The molecule has 8 heteroatoms. The van der Waals surface area contributed by atoms with Gasteiger partial charge in [-0.25, -0.2) is 8.42 Å². The fraction of sp³-hybridized carbons (Fsp3) is 0.417. The van der Waals surface area contributed by atoms with E-state index < -0.39 is 15.9 Å². The summed E-state index contributed by atoms with van der Waals surface area (Å²) in [6.07, 6.45) is 1.41. The minimum Gasteiger partial charge on any atom is -0.324 e. The molecular formula is C12H14Cl2N2O3S. The first-order valence-corrected chi connectivity index (χ1v) is 8.48. The predicted octanol–water partition coefficient (Wildman–Crippen LogP) is 2.36. The molecule has 0 bridgehead atoms. The van der Waals surface area contributed by atoms with Gasteiger partial charge in [0.1, 0.15) is 0 Å². The summed E-state index contributed by atoms with van der Waals surface area (Å²) in [4.78, 5) is 11.9. The Morgan fingerprint density at radius 3 is 2.75 bits per heavy atom. The third kappa shape index (κ3) is 3.63. The van der Waals surface area contributed by atoms with E-state index in [1.165, 1.54) is 4.31 Å². The SMILES string of the molecule is O=C(CN1CCCCS1(=O)=O)Nc1cccc(Cl)c1Cl. The van der Waals surface area contributed by atoms with Crippen molar-refractivity contribution < 1.29 is 13.2 Å². The highest BCUT2D eigenvalue weighted by atomic mass is 35.5. The van der Waals surface area contributed by atoms with Crippen LogP contribution in [0.1, 0.15) is 12.8 Å². The molecule has 1 saturated heterocycles. The quantitative estimate of drug-likeness (QED) is 0.921. The molecule has 1 heterocycles. The number of halogens is 2. The molecule has 0 spiro atoms. The molecule has 1 aromatic rings. The molecule has 0 unspecified atom stereocenters. The lowest BCUT2D eigenvalue weighted by Gasteiger charge is -2.25. The first kappa shape index (κ1) is 15.6. The smallest absolute Gasteiger partial charge is 0.239 e. The molecule has 110 valence electrons. The highest BCUT2D eigenvalue weighted by Crippen LogP contribution is 2.29. The Hall–Kier alpha value is -0.820. The molecule has 0 radical (unpaired) electrons. The van der Waals surface area contributed by atoms with E-state index in [0.717, 1.165) is 6.42 Å². The zero-order chi connectivity index (χ0) is 14.8. The summed E-state index contributed by atoms with van der Waals surface area (Å²) in [5.74, 6) is -0.335. The third-order valence-corrected chi connectivity index (χ3v) is 5.72. The van der Waals surface area contributed by atoms with E-state index in [1.807, 2.05) is 0 Å². The number of carbonyl (C=O) groups excluding carboxylic acids is 1. The van der Waals surface area contributed by atoms with Crippen LogP contribution in [0.3, 0.4) is 0 Å². The summed E-state index contributed by atoms with van der Waals surface area (Å²) >= 11 is 11.8. The van der Waals surface area contributed by atoms with Gasteiger partial charge in [-0.3, -0.25) is 4.79 Å². The molecule has 0 saturated carbocycles. The van der Waals surface area contributed by atoms with Crippen molar-refractivity contribution >= 4 is 44.8 Å². The van der Waals surface area contributed by atoms with E-state index in [4.69, 9.17) is 23.2 Å². The van der Waals surface area contributed by atoms with E-state index in [9.17, 15) is 13.2 Å². The van der Waals surface area contributed by atoms with Crippen LogP contribution < -0.4 is 5.32 Å². The fourth-order valence-corrected chi connectivity index (χ4v) is 3.86. The molecule has 1 N–H and O–H groups in total. The maximum absolute atomic E-state index is 11.9. The Morgan fingerprint density at radius 1 is 1.30 bits per heavy atom. The van der Waals surface area contributed by atoms with Crippen LogP contribution >= 0.6 is 23.2 Å². The van der Waals surface area contributed by atoms with Gasteiger partial charge in [-0.05, 0) is 25.0 Å². The standard InChI is InChI=1S/C12H14Cl2N2O3S/c13-9-4-3-5-10(12(9)14)15-11(17)8-16-6-1-2-7-20(16,18)19/h3-5H,1-2,6-8H2,(H,15,17). The van der Waals surface area contributed by atoms with E-state index >= 15 is 0 Å². The second-order valence-electron chi connectivity index (χ2n) is 4.51. The zero-order valence-corrected chi connectivity index (χ0v) is 12.9. The Morgan fingerprint density at radius 2 is 2.05 bits per heavy atom. The van der Waals surface area contributed by atoms with Crippen LogP contribution in [-0.4, -0.2) is 37.5 Å². The molecule has 1 aliphatic heterocycles. The summed E-state index contributed by atoms with van der Waals surface area (Å²) < 4.78 is 24.8. The van der Waals surface area contributed by atoms with Crippen molar-refractivity contribution in [3.8, 4) is 0 Å². The van der Waals surface area contributed by atoms with Crippen LogP contribution in [0.15, 0.2) is 18.2 Å². The zero-order valence-electron chi connectivity index (χ0n) is 10.6. The maximum Gasteiger partial charge on any atom is 0.239 e. The van der Waals surface area contributed by atoms with Crippen LogP contribution in [0.4, 0.5) is 5.69 Å². The van der Waals surface area contributed by atoms with Crippen molar-refractivity contribution in [2.75, 3.05) is 24.2 Å². The molecule has 0 aromatic heterocycles. The monoisotopic (exact) mass is 336 g/mol. The molecule has 2 rings (SSSR count). The molecule has 1 aliphatic rings. The minimum absolute atomic E-state index is 0.0954. The average Bonchev–Trinajstić information content (AvgIpc) is 2.37. The Balaban J connectivity index is 2.04. The highest BCUT2D eigenvalue weighted by molar-refractivity contribution is 7.89. The molecular weight excluding hydrogens is 323 g/mol. The molecule has 20 heavy (non-hydrogen) atoms. The van der Waals surface area contributed by atoms with Crippen LogP contribution in [0, 0.1) is 0 Å².